The van der Waals surface area contributed by atoms with Crippen LogP contribution >= 0.6 is 7.82 Å². The molecule has 330 valence electrons. The van der Waals surface area contributed by atoms with Crippen LogP contribution < -0.4 is 5.32 Å². The molecule has 0 fully saturated rings. The molecule has 0 spiro atoms. The van der Waals surface area contributed by atoms with Gasteiger partial charge in [-0.05, 0) is 57.8 Å². The Morgan fingerprint density at radius 3 is 1.46 bits per heavy atom. The molecule has 1 amide bonds. The molecule has 8 nitrogen and oxygen atoms in total. The van der Waals surface area contributed by atoms with Gasteiger partial charge in [0.25, 0.3) is 0 Å². The van der Waals surface area contributed by atoms with Gasteiger partial charge in [-0.15, -0.1) is 0 Å². The van der Waals surface area contributed by atoms with Crippen molar-refractivity contribution < 1.29 is 32.9 Å². The summed E-state index contributed by atoms with van der Waals surface area (Å²) in [5.41, 5.74) is 0. The summed E-state index contributed by atoms with van der Waals surface area (Å²) >= 11 is 0. The second-order valence-corrected chi connectivity index (χ2v) is 18.6. The molecule has 0 radical (unpaired) electrons. The maximum absolute atomic E-state index is 12.8. The molecule has 0 aromatic carbocycles. The van der Waals surface area contributed by atoms with Gasteiger partial charge < -0.3 is 19.8 Å². The molecule has 56 heavy (non-hydrogen) atoms. The van der Waals surface area contributed by atoms with Crippen molar-refractivity contribution in [2.24, 2.45) is 0 Å². The van der Waals surface area contributed by atoms with E-state index < -0.39 is 20.0 Å². The van der Waals surface area contributed by atoms with Gasteiger partial charge in [-0.25, -0.2) is 4.57 Å². The largest absolute Gasteiger partial charge is 0.472 e. The maximum atomic E-state index is 12.8. The number of phosphoric ester groups is 1. The van der Waals surface area contributed by atoms with Crippen LogP contribution in [0.1, 0.15) is 206 Å². The van der Waals surface area contributed by atoms with Gasteiger partial charge in [0.15, 0.2) is 0 Å². The van der Waals surface area contributed by atoms with Crippen molar-refractivity contribution in [1.82, 2.24) is 5.32 Å². The summed E-state index contributed by atoms with van der Waals surface area (Å²) in [7, 11) is 1.55. The number of carbonyl (C=O) groups excluding carboxylic acids is 1. The number of unbranched alkanes of at least 4 members (excludes halogenated alkanes) is 25. The van der Waals surface area contributed by atoms with Crippen LogP contribution in [0.4, 0.5) is 0 Å². The van der Waals surface area contributed by atoms with Gasteiger partial charge in [-0.3, -0.25) is 13.8 Å². The number of nitrogens with one attached hydrogen (secondary N) is 1. The van der Waals surface area contributed by atoms with E-state index in [0.29, 0.717) is 17.4 Å². The predicted molar refractivity (Wildman–Crippen MR) is 240 cm³/mol. The van der Waals surface area contributed by atoms with E-state index in [1.807, 2.05) is 27.2 Å². The molecule has 3 N–H and O–H groups in total. The second kappa shape index (κ2) is 39.2. The molecule has 0 aliphatic rings. The van der Waals surface area contributed by atoms with E-state index in [1.165, 1.54) is 148 Å². The first-order chi connectivity index (χ1) is 27.0. The summed E-state index contributed by atoms with van der Waals surface area (Å²) in [5.74, 6) is -0.190. The SMILES string of the molecule is CCCCC/C=C/CC/C=C/C(O)C(COP(=O)(O)OCC[N+](C)(C)C)NC(=O)CCCCCCCCCCCCCCC/C=C\CCCCCCCCCC. The van der Waals surface area contributed by atoms with Crippen LogP contribution in [0.25, 0.3) is 0 Å². The molecule has 3 unspecified atom stereocenters. The normalized spacial score (nSPS) is 14.6. The zero-order valence-corrected chi connectivity index (χ0v) is 38.3. The number of nitrogens with zero attached hydrogens (tertiary/aromatic N) is 1. The van der Waals surface area contributed by atoms with Crippen LogP contribution in [0.2, 0.25) is 0 Å². The van der Waals surface area contributed by atoms with E-state index in [2.05, 4.69) is 43.5 Å². The minimum atomic E-state index is -4.34. The van der Waals surface area contributed by atoms with Crippen molar-refractivity contribution in [2.45, 2.75) is 219 Å². The van der Waals surface area contributed by atoms with Gasteiger partial charge in [0.05, 0.1) is 39.9 Å². The highest BCUT2D eigenvalue weighted by Crippen LogP contribution is 2.43. The van der Waals surface area contributed by atoms with Crippen molar-refractivity contribution in [3.8, 4) is 0 Å². The molecule has 0 heterocycles. The van der Waals surface area contributed by atoms with Gasteiger partial charge in [0.1, 0.15) is 13.2 Å². The summed E-state index contributed by atoms with van der Waals surface area (Å²) in [4.78, 5) is 23.1. The lowest BCUT2D eigenvalue weighted by molar-refractivity contribution is -0.870. The quantitative estimate of drug-likeness (QED) is 0.0245. The van der Waals surface area contributed by atoms with Crippen LogP contribution in [0, 0.1) is 0 Å². The lowest BCUT2D eigenvalue weighted by atomic mass is 10.0. The fraction of sp³-hybridized carbons (Fsp3) is 0.851. The summed E-state index contributed by atoms with van der Waals surface area (Å²) in [6, 6.07) is -0.859. The average Bonchev–Trinajstić information content (AvgIpc) is 3.15. The Bertz CT molecular complexity index is 1010. The summed E-state index contributed by atoms with van der Waals surface area (Å²) in [5, 5.41) is 13.7. The highest BCUT2D eigenvalue weighted by atomic mass is 31.2. The number of likely N-dealkylation sites (N-methyl/N-ethyl adjacent to an activating group) is 1. The maximum Gasteiger partial charge on any atom is 0.472 e. The lowest BCUT2D eigenvalue weighted by Gasteiger charge is -2.25. The predicted octanol–water partition coefficient (Wildman–Crippen LogP) is 13.1. The van der Waals surface area contributed by atoms with E-state index in [0.717, 1.165) is 38.5 Å². The third-order valence-electron chi connectivity index (χ3n) is 10.3. The van der Waals surface area contributed by atoms with Crippen molar-refractivity contribution in [1.29, 1.82) is 0 Å². The molecular weight excluding hydrogens is 719 g/mol. The lowest BCUT2D eigenvalue weighted by Crippen LogP contribution is -2.45. The number of allylic oxidation sites excluding steroid dienone is 5. The van der Waals surface area contributed by atoms with E-state index in [4.69, 9.17) is 9.05 Å². The fourth-order valence-corrected chi connectivity index (χ4v) is 7.32. The fourth-order valence-electron chi connectivity index (χ4n) is 6.58. The smallest absolute Gasteiger partial charge is 0.387 e. The number of aliphatic hydroxyl groups excluding tert-OH is 1. The Morgan fingerprint density at radius 1 is 0.589 bits per heavy atom. The Kier molecular flexibility index (Phi) is 38.3. The van der Waals surface area contributed by atoms with Crippen LogP contribution in [0.3, 0.4) is 0 Å². The first-order valence-electron chi connectivity index (χ1n) is 23.4. The van der Waals surface area contributed by atoms with Crippen molar-refractivity contribution in [3.63, 3.8) is 0 Å². The molecule has 0 aromatic rings. The van der Waals surface area contributed by atoms with Crippen LogP contribution in [-0.2, 0) is 18.4 Å². The number of hydrogen-bond acceptors (Lipinski definition) is 5. The van der Waals surface area contributed by atoms with E-state index in [1.54, 1.807) is 6.08 Å². The number of quaternary nitrogens is 1. The Labute approximate surface area is 347 Å². The Morgan fingerprint density at radius 2 is 0.982 bits per heavy atom. The minimum absolute atomic E-state index is 0.0562. The number of carbonyl (C=O) groups is 1. The van der Waals surface area contributed by atoms with E-state index >= 15 is 0 Å². The molecular formula is C47H92N2O6P+. The third kappa shape index (κ3) is 40.9. The molecule has 0 aromatic heterocycles. The third-order valence-corrected chi connectivity index (χ3v) is 11.3. The standard InChI is InChI=1S/C47H91N2O6P/c1-6-8-10-12-14-16-17-18-19-20-21-22-23-24-25-26-27-28-29-30-31-33-35-37-39-41-47(51)48-45(44-55-56(52,53)54-43-42-49(3,4)5)46(50)40-38-36-34-32-15-13-11-9-7-2/h15,20-21,32,38,40,45-46,50H,6-14,16-19,22-31,33-37,39,41-44H2,1-5H3,(H-,48,51,52,53)/p+1/b21-20-,32-15+,40-38+. The molecule has 3 atom stereocenters. The number of aliphatic hydroxyl groups is 1. The van der Waals surface area contributed by atoms with Crippen LogP contribution in [0.15, 0.2) is 36.5 Å². The van der Waals surface area contributed by atoms with Gasteiger partial charge in [0.2, 0.25) is 5.91 Å². The topological polar surface area (TPSA) is 105 Å². The number of phosphoric acid groups is 1. The van der Waals surface area contributed by atoms with E-state index in [9.17, 15) is 19.4 Å². The van der Waals surface area contributed by atoms with Gasteiger partial charge in [0, 0.05) is 6.42 Å². The van der Waals surface area contributed by atoms with Crippen LogP contribution in [0.5, 0.6) is 0 Å². The molecule has 0 aliphatic heterocycles. The Hall–Kier alpha value is -1.28. The van der Waals surface area contributed by atoms with Crippen molar-refractivity contribution in [3.05, 3.63) is 36.5 Å². The van der Waals surface area contributed by atoms with Crippen molar-refractivity contribution >= 4 is 13.7 Å². The zero-order valence-electron chi connectivity index (χ0n) is 37.4. The Balaban J connectivity index is 4.14. The molecule has 0 saturated heterocycles. The number of amides is 1. The first kappa shape index (κ1) is 54.7. The monoisotopic (exact) mass is 812 g/mol. The highest BCUT2D eigenvalue weighted by molar-refractivity contribution is 7.47. The second-order valence-electron chi connectivity index (χ2n) is 17.1. The number of hydrogen-bond donors (Lipinski definition) is 3. The minimum Gasteiger partial charge on any atom is -0.387 e. The molecule has 0 bridgehead atoms. The number of rotatable bonds is 42. The molecule has 0 aliphatic carbocycles. The molecule has 0 rings (SSSR count). The summed E-state index contributed by atoms with van der Waals surface area (Å²) in [6.45, 7) is 4.74. The summed E-state index contributed by atoms with van der Waals surface area (Å²) < 4.78 is 23.5. The van der Waals surface area contributed by atoms with Gasteiger partial charge in [-0.1, -0.05) is 179 Å². The average molecular weight is 812 g/mol. The van der Waals surface area contributed by atoms with Gasteiger partial charge in [-0.2, -0.15) is 0 Å². The van der Waals surface area contributed by atoms with E-state index in [-0.39, 0.29) is 19.1 Å². The van der Waals surface area contributed by atoms with Crippen LogP contribution in [-0.4, -0.2) is 73.4 Å². The highest BCUT2D eigenvalue weighted by Gasteiger charge is 2.27. The summed E-state index contributed by atoms with van der Waals surface area (Å²) in [6.07, 6.45) is 48.1. The van der Waals surface area contributed by atoms with Crippen molar-refractivity contribution in [2.75, 3.05) is 40.9 Å². The first-order valence-corrected chi connectivity index (χ1v) is 24.9. The molecule has 0 saturated carbocycles. The molecule has 9 heteroatoms. The zero-order chi connectivity index (χ0) is 41.4. The van der Waals surface area contributed by atoms with Gasteiger partial charge >= 0.3 is 7.82 Å².